The standard InChI is InChI=1S/C15H17BrN4O/c1-10-6-13(16)15(19-7-10)20(9-14(18)21)8-11-2-4-12(17)5-3-11/h2-7H,8-9,17H2,1H3,(H2,18,21). The smallest absolute Gasteiger partial charge is 0.237 e. The number of primary amides is 1. The maximum Gasteiger partial charge on any atom is 0.237 e. The van der Waals surface area contributed by atoms with Crippen molar-refractivity contribution in [3.8, 4) is 0 Å². The number of halogens is 1. The number of carbonyl (C=O) groups is 1. The first-order valence-corrected chi connectivity index (χ1v) is 7.25. The number of nitrogens with two attached hydrogens (primary N) is 2. The zero-order valence-electron chi connectivity index (χ0n) is 11.7. The molecule has 0 radical (unpaired) electrons. The molecule has 2 aromatic rings. The van der Waals surface area contributed by atoms with Crippen molar-refractivity contribution in [1.82, 2.24) is 4.98 Å². The van der Waals surface area contributed by atoms with Crippen LogP contribution >= 0.6 is 15.9 Å². The molecule has 0 aliphatic carbocycles. The summed E-state index contributed by atoms with van der Waals surface area (Å²) in [7, 11) is 0. The van der Waals surface area contributed by atoms with Gasteiger partial charge < -0.3 is 16.4 Å². The number of nitrogens with zero attached hydrogens (tertiary/aromatic N) is 2. The Morgan fingerprint density at radius 1 is 1.33 bits per heavy atom. The molecule has 0 aliphatic heterocycles. The maximum absolute atomic E-state index is 11.3. The van der Waals surface area contributed by atoms with Crippen molar-refractivity contribution in [2.75, 3.05) is 17.2 Å². The minimum absolute atomic E-state index is 0.0963. The van der Waals surface area contributed by atoms with Gasteiger partial charge >= 0.3 is 0 Å². The molecule has 0 saturated carbocycles. The van der Waals surface area contributed by atoms with Gasteiger partial charge in [-0.15, -0.1) is 0 Å². The van der Waals surface area contributed by atoms with E-state index in [4.69, 9.17) is 11.5 Å². The second-order valence-electron chi connectivity index (χ2n) is 4.88. The lowest BCUT2D eigenvalue weighted by atomic mass is 10.2. The second kappa shape index (κ2) is 6.58. The number of hydrogen-bond acceptors (Lipinski definition) is 4. The van der Waals surface area contributed by atoms with Crippen LogP contribution in [0.3, 0.4) is 0 Å². The van der Waals surface area contributed by atoms with Gasteiger partial charge in [0, 0.05) is 18.4 Å². The van der Waals surface area contributed by atoms with E-state index in [9.17, 15) is 4.79 Å². The summed E-state index contributed by atoms with van der Waals surface area (Å²) in [5, 5.41) is 0. The van der Waals surface area contributed by atoms with E-state index in [-0.39, 0.29) is 6.54 Å². The molecule has 0 saturated heterocycles. The van der Waals surface area contributed by atoms with Gasteiger partial charge in [0.2, 0.25) is 5.91 Å². The highest BCUT2D eigenvalue weighted by Crippen LogP contribution is 2.25. The lowest BCUT2D eigenvalue weighted by molar-refractivity contribution is -0.116. The molecule has 0 spiro atoms. The molecule has 6 heteroatoms. The van der Waals surface area contributed by atoms with E-state index >= 15 is 0 Å². The van der Waals surface area contributed by atoms with Gasteiger partial charge in [-0.25, -0.2) is 4.98 Å². The average molecular weight is 349 g/mol. The number of nitrogen functional groups attached to an aromatic ring is 1. The fourth-order valence-electron chi connectivity index (χ4n) is 2.00. The molecule has 2 rings (SSSR count). The van der Waals surface area contributed by atoms with Gasteiger partial charge in [-0.05, 0) is 52.2 Å². The summed E-state index contributed by atoms with van der Waals surface area (Å²) in [4.78, 5) is 17.5. The van der Waals surface area contributed by atoms with Gasteiger partial charge in [0.15, 0.2) is 0 Å². The van der Waals surface area contributed by atoms with Crippen LogP contribution in [0.15, 0.2) is 41.0 Å². The summed E-state index contributed by atoms with van der Waals surface area (Å²) in [5.74, 6) is 0.288. The first kappa shape index (κ1) is 15.3. The maximum atomic E-state index is 11.3. The molecule has 1 aromatic carbocycles. The summed E-state index contributed by atoms with van der Waals surface area (Å²) >= 11 is 3.49. The number of anilines is 2. The number of benzene rings is 1. The fraction of sp³-hybridized carbons (Fsp3) is 0.200. The Balaban J connectivity index is 2.29. The summed E-state index contributed by atoms with van der Waals surface area (Å²) < 4.78 is 0.833. The lowest BCUT2D eigenvalue weighted by Crippen LogP contribution is -2.34. The van der Waals surface area contributed by atoms with E-state index in [2.05, 4.69) is 20.9 Å². The molecule has 1 aromatic heterocycles. The van der Waals surface area contributed by atoms with Gasteiger partial charge in [-0.1, -0.05) is 12.1 Å². The molecule has 1 heterocycles. The normalized spacial score (nSPS) is 10.4. The number of aromatic nitrogens is 1. The molecule has 0 aliphatic rings. The number of pyridine rings is 1. The van der Waals surface area contributed by atoms with Crippen molar-refractivity contribution in [1.29, 1.82) is 0 Å². The van der Waals surface area contributed by atoms with Gasteiger partial charge in [-0.3, -0.25) is 4.79 Å². The molecule has 0 unspecified atom stereocenters. The third-order valence-electron chi connectivity index (χ3n) is 2.96. The highest BCUT2D eigenvalue weighted by Gasteiger charge is 2.15. The minimum atomic E-state index is -0.403. The zero-order valence-corrected chi connectivity index (χ0v) is 13.3. The monoisotopic (exact) mass is 348 g/mol. The Labute approximate surface area is 132 Å². The van der Waals surface area contributed by atoms with Crippen LogP contribution in [0.5, 0.6) is 0 Å². The number of rotatable bonds is 5. The Morgan fingerprint density at radius 2 is 2.00 bits per heavy atom. The minimum Gasteiger partial charge on any atom is -0.399 e. The zero-order chi connectivity index (χ0) is 15.4. The fourth-order valence-corrected chi connectivity index (χ4v) is 2.71. The molecule has 0 atom stereocenters. The Hall–Kier alpha value is -2.08. The van der Waals surface area contributed by atoms with E-state index in [1.54, 1.807) is 6.20 Å². The summed E-state index contributed by atoms with van der Waals surface area (Å²) in [6.45, 7) is 2.58. The highest BCUT2D eigenvalue weighted by atomic mass is 79.9. The van der Waals surface area contributed by atoms with Crippen molar-refractivity contribution in [2.45, 2.75) is 13.5 Å². The first-order chi connectivity index (χ1) is 9.95. The molecule has 4 N–H and O–H groups in total. The average Bonchev–Trinajstić information content (AvgIpc) is 2.40. The predicted molar refractivity (Wildman–Crippen MR) is 87.8 cm³/mol. The van der Waals surface area contributed by atoms with Crippen LogP contribution in [0.2, 0.25) is 0 Å². The van der Waals surface area contributed by atoms with Crippen LogP contribution < -0.4 is 16.4 Å². The number of aryl methyl sites for hydroxylation is 1. The van der Waals surface area contributed by atoms with Crippen LogP contribution in [0.4, 0.5) is 11.5 Å². The Morgan fingerprint density at radius 3 is 2.57 bits per heavy atom. The summed E-state index contributed by atoms with van der Waals surface area (Å²) in [6, 6.07) is 9.46. The van der Waals surface area contributed by atoms with E-state index in [0.717, 1.165) is 15.6 Å². The van der Waals surface area contributed by atoms with Gasteiger partial charge in [0.05, 0.1) is 11.0 Å². The Bertz CT molecular complexity index is 643. The molecule has 21 heavy (non-hydrogen) atoms. The quantitative estimate of drug-likeness (QED) is 0.811. The van der Waals surface area contributed by atoms with Crippen LogP contribution in [-0.4, -0.2) is 17.4 Å². The largest absolute Gasteiger partial charge is 0.399 e. The SMILES string of the molecule is Cc1cnc(N(CC(N)=O)Cc2ccc(N)cc2)c(Br)c1. The van der Waals surface area contributed by atoms with Crippen molar-refractivity contribution in [3.05, 3.63) is 52.1 Å². The van der Waals surface area contributed by atoms with Crippen molar-refractivity contribution < 1.29 is 4.79 Å². The number of amides is 1. The van der Waals surface area contributed by atoms with Gasteiger partial charge in [0.1, 0.15) is 5.82 Å². The predicted octanol–water partition coefficient (Wildman–Crippen LogP) is 2.23. The Kier molecular flexibility index (Phi) is 4.80. The van der Waals surface area contributed by atoms with E-state index in [1.807, 2.05) is 42.2 Å². The summed E-state index contributed by atoms with van der Waals surface area (Å²) in [6.07, 6.45) is 1.76. The lowest BCUT2D eigenvalue weighted by Gasteiger charge is -2.23. The number of hydrogen-bond donors (Lipinski definition) is 2. The van der Waals surface area contributed by atoms with Crippen molar-refractivity contribution in [3.63, 3.8) is 0 Å². The molecule has 0 fully saturated rings. The topological polar surface area (TPSA) is 85.2 Å². The van der Waals surface area contributed by atoms with Crippen LogP contribution in [0, 0.1) is 6.92 Å². The first-order valence-electron chi connectivity index (χ1n) is 6.45. The van der Waals surface area contributed by atoms with Gasteiger partial charge in [0.25, 0.3) is 0 Å². The molecule has 1 amide bonds. The highest BCUT2D eigenvalue weighted by molar-refractivity contribution is 9.10. The van der Waals surface area contributed by atoms with Crippen LogP contribution in [-0.2, 0) is 11.3 Å². The third-order valence-corrected chi connectivity index (χ3v) is 3.54. The third kappa shape index (κ3) is 4.19. The number of carbonyl (C=O) groups excluding carboxylic acids is 1. The van der Waals surface area contributed by atoms with E-state index < -0.39 is 5.91 Å². The second-order valence-corrected chi connectivity index (χ2v) is 5.74. The van der Waals surface area contributed by atoms with Crippen molar-refractivity contribution >= 4 is 33.3 Å². The van der Waals surface area contributed by atoms with E-state index in [0.29, 0.717) is 18.1 Å². The summed E-state index contributed by atoms with van der Waals surface area (Å²) in [5.41, 5.74) is 13.8. The molecule has 0 bridgehead atoms. The van der Waals surface area contributed by atoms with Gasteiger partial charge in [-0.2, -0.15) is 0 Å². The molecular weight excluding hydrogens is 332 g/mol. The van der Waals surface area contributed by atoms with Crippen molar-refractivity contribution in [2.24, 2.45) is 5.73 Å². The molecule has 5 nitrogen and oxygen atoms in total. The van der Waals surface area contributed by atoms with Crippen LogP contribution in [0.1, 0.15) is 11.1 Å². The van der Waals surface area contributed by atoms with Crippen LogP contribution in [0.25, 0.3) is 0 Å². The molecular formula is C15H17BrN4O. The van der Waals surface area contributed by atoms with E-state index in [1.165, 1.54) is 0 Å². The molecule has 110 valence electrons.